The topological polar surface area (TPSA) is 143 Å². The Hall–Kier alpha value is -7.59. The first-order chi connectivity index (χ1) is 36.2. The Morgan fingerprint density at radius 1 is 0.613 bits per heavy atom. The molecule has 0 unspecified atom stereocenters. The van der Waals surface area contributed by atoms with Gasteiger partial charge in [0.2, 0.25) is 0 Å². The average molecular weight is 1010 g/mol. The number of phenolic OH excluding ortho intramolecular Hbond substituents is 2. The van der Waals surface area contributed by atoms with Crippen LogP contribution in [0.3, 0.4) is 0 Å². The number of halogens is 3. The van der Waals surface area contributed by atoms with Gasteiger partial charge in [-0.3, -0.25) is 19.8 Å². The van der Waals surface area contributed by atoms with Gasteiger partial charge in [0.1, 0.15) is 53.0 Å². The van der Waals surface area contributed by atoms with Crippen LogP contribution in [0.1, 0.15) is 113 Å². The summed E-state index contributed by atoms with van der Waals surface area (Å²) in [4.78, 5) is 32.2. The van der Waals surface area contributed by atoms with Gasteiger partial charge in [-0.05, 0) is 137 Å². The number of aromatic hydroxyl groups is 2. The summed E-state index contributed by atoms with van der Waals surface area (Å²) in [5, 5.41) is 23.9. The lowest BCUT2D eigenvalue weighted by Crippen LogP contribution is -2.43. The van der Waals surface area contributed by atoms with E-state index in [2.05, 4.69) is 51.5 Å². The molecule has 75 heavy (non-hydrogen) atoms. The van der Waals surface area contributed by atoms with Gasteiger partial charge in [0.05, 0.1) is 28.0 Å². The molecule has 4 aromatic heterocycles. The zero-order chi connectivity index (χ0) is 52.3. The van der Waals surface area contributed by atoms with Crippen molar-refractivity contribution in [1.82, 2.24) is 39.7 Å². The summed E-state index contributed by atoms with van der Waals surface area (Å²) in [6.45, 7) is 13.2. The summed E-state index contributed by atoms with van der Waals surface area (Å²) in [6.07, 6.45) is 23.4. The molecule has 0 amide bonds. The molecule has 2 N–H and O–H groups in total. The largest absolute Gasteiger partial charge is 0.508 e. The van der Waals surface area contributed by atoms with Crippen molar-refractivity contribution in [1.29, 1.82) is 0 Å². The normalized spacial score (nSPS) is 16.9. The van der Waals surface area contributed by atoms with Gasteiger partial charge in [-0.1, -0.05) is 57.7 Å². The first kappa shape index (κ1) is 49.6. The molecule has 4 aromatic carbocycles. The molecule has 4 saturated heterocycles. The molecular weight excluding hydrogens is 954 g/mol. The summed E-state index contributed by atoms with van der Waals surface area (Å²) in [5.74, 6) is 2.99. The highest BCUT2D eigenvalue weighted by Gasteiger charge is 2.46. The van der Waals surface area contributed by atoms with E-state index in [9.17, 15) is 14.6 Å². The molecule has 12 rings (SSSR count). The zero-order valence-electron chi connectivity index (χ0n) is 42.5. The third kappa shape index (κ3) is 8.75. The molecule has 15 heteroatoms. The smallest absolute Gasteiger partial charge is 0.317 e. The highest BCUT2D eigenvalue weighted by molar-refractivity contribution is 6.03. The molecule has 0 atom stereocenters. The maximum absolute atomic E-state index is 16.3. The van der Waals surface area contributed by atoms with E-state index in [4.69, 9.17) is 22.3 Å². The molecule has 4 fully saturated rings. The predicted molar refractivity (Wildman–Crippen MR) is 284 cm³/mol. The molecule has 0 saturated carbocycles. The van der Waals surface area contributed by atoms with Gasteiger partial charge < -0.3 is 19.7 Å². The van der Waals surface area contributed by atoms with Crippen LogP contribution in [0, 0.1) is 42.1 Å². The van der Waals surface area contributed by atoms with E-state index in [0.29, 0.717) is 68.0 Å². The maximum atomic E-state index is 16.3. The van der Waals surface area contributed by atoms with Crippen molar-refractivity contribution in [3.63, 3.8) is 0 Å². The molecule has 382 valence electrons. The second kappa shape index (κ2) is 19.6. The number of pyridine rings is 2. The fourth-order valence-corrected chi connectivity index (χ4v) is 12.3. The van der Waals surface area contributed by atoms with Crippen molar-refractivity contribution in [2.75, 3.05) is 39.4 Å². The van der Waals surface area contributed by atoms with Crippen molar-refractivity contribution in [3.8, 4) is 70.7 Å². The van der Waals surface area contributed by atoms with Crippen molar-refractivity contribution in [2.24, 2.45) is 0 Å². The summed E-state index contributed by atoms with van der Waals surface area (Å²) in [6, 6.07) is 14.4. The van der Waals surface area contributed by atoms with Crippen LogP contribution in [0.5, 0.6) is 23.5 Å². The average Bonchev–Trinajstić information content (AvgIpc) is 4.19. The Morgan fingerprint density at radius 2 is 1.08 bits per heavy atom. The van der Waals surface area contributed by atoms with Crippen LogP contribution in [0.4, 0.5) is 13.2 Å². The van der Waals surface area contributed by atoms with Gasteiger partial charge in [-0.15, -0.1) is 12.8 Å². The van der Waals surface area contributed by atoms with Gasteiger partial charge in [-0.25, -0.2) is 13.2 Å². The number of hydrogen-bond donors (Lipinski definition) is 2. The van der Waals surface area contributed by atoms with Crippen molar-refractivity contribution >= 4 is 43.4 Å². The number of aromatic nitrogens is 6. The number of fused-ring (bicyclic) bond motifs is 6. The van der Waals surface area contributed by atoms with Gasteiger partial charge in [-0.2, -0.15) is 19.9 Å². The lowest BCUT2D eigenvalue weighted by molar-refractivity contribution is 0.107. The third-order valence-electron chi connectivity index (χ3n) is 15.9. The number of terminal acetylenes is 2. The van der Waals surface area contributed by atoms with Crippen LogP contribution in [0.25, 0.3) is 65.9 Å². The van der Waals surface area contributed by atoms with Gasteiger partial charge >= 0.3 is 12.0 Å². The van der Waals surface area contributed by atoms with E-state index in [0.717, 1.165) is 64.7 Å². The summed E-state index contributed by atoms with van der Waals surface area (Å²) in [7, 11) is 0. The maximum Gasteiger partial charge on any atom is 0.317 e. The fourth-order valence-electron chi connectivity index (χ4n) is 12.3. The summed E-state index contributed by atoms with van der Waals surface area (Å²) in [5.41, 5.74) is 2.73. The first-order valence-electron chi connectivity index (χ1n) is 25.8. The molecule has 0 spiro atoms. The number of benzene rings is 4. The van der Waals surface area contributed by atoms with Crippen LogP contribution in [-0.2, 0) is 0 Å². The van der Waals surface area contributed by atoms with E-state index < -0.39 is 17.5 Å². The summed E-state index contributed by atoms with van der Waals surface area (Å²) >= 11 is 0. The lowest BCUT2D eigenvalue weighted by Gasteiger charge is -2.31. The lowest BCUT2D eigenvalue weighted by atomic mass is 9.95. The van der Waals surface area contributed by atoms with Crippen LogP contribution in [0.2, 0.25) is 0 Å². The number of hydrogen-bond acceptors (Lipinski definition) is 12. The number of phenols is 2. The molecular formula is C60H57F3N8O4. The van der Waals surface area contributed by atoms with Crippen LogP contribution < -0.4 is 9.47 Å². The van der Waals surface area contributed by atoms with E-state index in [1.165, 1.54) is 49.4 Å². The molecule has 4 aliphatic heterocycles. The van der Waals surface area contributed by atoms with Gasteiger partial charge in [0.15, 0.2) is 11.6 Å². The number of ether oxygens (including phenoxy) is 2. The predicted octanol–water partition coefficient (Wildman–Crippen LogP) is 11.7. The van der Waals surface area contributed by atoms with Crippen LogP contribution in [-0.4, -0.2) is 100 Å². The third-order valence-corrected chi connectivity index (χ3v) is 15.9. The SMILES string of the molecule is C#Cc1c(F)ccc2cc(O)cc(-c3ncc4c(C(C)C)nc(OCC56CCCN5CCC6)nc4c3F)c12.C#Cc1cccc2cc(O)cc(-c3ncc4c(C(C)C)nc(OCC56CCCN5CCC6)nc4c3F)c12. The Morgan fingerprint density at radius 3 is 1.53 bits per heavy atom. The standard InChI is InChI=1S/C30H28F2N4O2.C30H29FN4O2/c1-4-20-23(31)8-7-18-13-19(37)14-21(24(18)20)27-25(32)28-22(15-33-27)26(17(2)3)34-29(35-28)38-16-30-9-5-11-36(30)12-6-10-30;1-4-19-8-5-9-20-14-21(36)15-22(24(19)20)27-25(31)28-23(16-32-27)26(18(2)3)33-29(34-28)37-17-30-10-6-12-35(30)13-7-11-30/h1,7-8,13-15,17,37H,5-6,9-12,16H2,2-3H3;1,5,8-9,14-16,18,36H,6-7,10-13,17H2,2-3H3. The Balaban J connectivity index is 0.000000161. The fraction of sp³-hybridized carbons (Fsp3) is 0.367. The molecule has 0 radical (unpaired) electrons. The van der Waals surface area contributed by atoms with Crippen LogP contribution in [0.15, 0.2) is 67.0 Å². The molecule has 8 heterocycles. The molecule has 0 aliphatic carbocycles. The molecule has 8 aromatic rings. The number of rotatable bonds is 10. The Bertz CT molecular complexity index is 3660. The Labute approximate surface area is 433 Å². The van der Waals surface area contributed by atoms with E-state index >= 15 is 8.78 Å². The highest BCUT2D eigenvalue weighted by atomic mass is 19.1. The van der Waals surface area contributed by atoms with Crippen LogP contribution >= 0.6 is 0 Å². The van der Waals surface area contributed by atoms with E-state index in [1.54, 1.807) is 18.3 Å². The second-order valence-electron chi connectivity index (χ2n) is 21.1. The quantitative estimate of drug-likeness (QED) is 0.126. The Kier molecular flexibility index (Phi) is 13.0. The van der Waals surface area contributed by atoms with E-state index in [1.807, 2.05) is 39.8 Å². The summed E-state index contributed by atoms with van der Waals surface area (Å²) < 4.78 is 59.5. The van der Waals surface area contributed by atoms with Crippen molar-refractivity contribution < 1.29 is 32.9 Å². The first-order valence-corrected chi connectivity index (χ1v) is 25.8. The zero-order valence-corrected chi connectivity index (χ0v) is 42.5. The second-order valence-corrected chi connectivity index (χ2v) is 21.1. The molecule has 4 aliphatic rings. The molecule has 0 bridgehead atoms. The van der Waals surface area contributed by atoms with E-state index in [-0.39, 0.29) is 80.0 Å². The highest BCUT2D eigenvalue weighted by Crippen LogP contribution is 2.43. The van der Waals surface area contributed by atoms with Crippen molar-refractivity contribution in [2.45, 2.75) is 102 Å². The minimum atomic E-state index is -0.711. The van der Waals surface area contributed by atoms with Crippen molar-refractivity contribution in [3.05, 3.63) is 107 Å². The number of nitrogens with zero attached hydrogens (tertiary/aromatic N) is 8. The van der Waals surface area contributed by atoms with Gasteiger partial charge in [0, 0.05) is 50.6 Å². The monoisotopic (exact) mass is 1010 g/mol. The molecule has 12 nitrogen and oxygen atoms in total. The minimum Gasteiger partial charge on any atom is -0.508 e. The minimum absolute atomic E-state index is 0.00415. The van der Waals surface area contributed by atoms with Gasteiger partial charge in [0.25, 0.3) is 0 Å².